The van der Waals surface area contributed by atoms with Crippen LogP contribution in [0.1, 0.15) is 24.8 Å². The van der Waals surface area contributed by atoms with E-state index in [1.807, 2.05) is 30.3 Å². The number of carbonyl (C=O) groups excluding carboxylic acids is 2. The van der Waals surface area contributed by atoms with Gasteiger partial charge in [0, 0.05) is 6.54 Å². The third kappa shape index (κ3) is 3.93. The summed E-state index contributed by atoms with van der Waals surface area (Å²) in [5, 5.41) is 0. The van der Waals surface area contributed by atoms with Gasteiger partial charge >= 0.3 is 6.09 Å². The number of rotatable bonds is 4. The fourth-order valence-electron chi connectivity index (χ4n) is 2.38. The average Bonchev–Trinajstić information content (AvgIpc) is 2.52. The molecule has 0 radical (unpaired) electrons. The molecular formula is C15H18N2O3. The summed E-state index contributed by atoms with van der Waals surface area (Å²) in [4.78, 5) is 27.6. The van der Waals surface area contributed by atoms with E-state index in [1.165, 1.54) is 6.08 Å². The molecule has 1 fully saturated rings. The molecule has 1 unspecified atom stereocenters. The molecule has 1 atom stereocenters. The van der Waals surface area contributed by atoms with Crippen molar-refractivity contribution in [1.82, 2.24) is 4.90 Å². The third-order valence-corrected chi connectivity index (χ3v) is 3.43. The van der Waals surface area contributed by atoms with Crippen LogP contribution in [0.4, 0.5) is 4.79 Å². The number of nitrogens with zero attached hydrogens (tertiary/aromatic N) is 2. The summed E-state index contributed by atoms with van der Waals surface area (Å²) in [6.45, 7) is 1.23. The van der Waals surface area contributed by atoms with Gasteiger partial charge in [-0.2, -0.15) is 0 Å². The lowest BCUT2D eigenvalue weighted by Crippen LogP contribution is -2.45. The van der Waals surface area contributed by atoms with Crippen LogP contribution < -0.4 is 0 Å². The number of piperidine rings is 1. The maximum absolute atomic E-state index is 12.1. The zero-order chi connectivity index (χ0) is 14.2. The number of amides is 1. The Morgan fingerprint density at radius 2 is 2.15 bits per heavy atom. The summed E-state index contributed by atoms with van der Waals surface area (Å²) in [7, 11) is 0. The molecule has 1 aromatic carbocycles. The van der Waals surface area contributed by atoms with Gasteiger partial charge in [-0.1, -0.05) is 30.3 Å². The lowest BCUT2D eigenvalue weighted by Gasteiger charge is -2.33. The van der Waals surface area contributed by atoms with Gasteiger partial charge in [0.1, 0.15) is 6.61 Å². The number of likely N-dealkylation sites (tertiary alicyclic amines) is 1. The minimum atomic E-state index is -0.334. The Balaban J connectivity index is 1.90. The molecule has 5 heteroatoms. The molecule has 0 bridgehead atoms. The van der Waals surface area contributed by atoms with E-state index in [0.29, 0.717) is 13.1 Å². The molecule has 0 saturated carbocycles. The van der Waals surface area contributed by atoms with E-state index >= 15 is 0 Å². The highest BCUT2D eigenvalue weighted by Gasteiger charge is 2.27. The van der Waals surface area contributed by atoms with Gasteiger partial charge in [0.25, 0.3) is 0 Å². The quantitative estimate of drug-likeness (QED) is 0.626. The van der Waals surface area contributed by atoms with E-state index in [4.69, 9.17) is 4.74 Å². The van der Waals surface area contributed by atoms with Crippen LogP contribution in [0.25, 0.3) is 0 Å². The number of carbonyl (C=O) groups is 1. The maximum Gasteiger partial charge on any atom is 0.410 e. The molecule has 5 nitrogen and oxygen atoms in total. The minimum absolute atomic E-state index is 0.0477. The fraction of sp³-hybridized carbons (Fsp3) is 0.467. The Morgan fingerprint density at radius 1 is 1.35 bits per heavy atom. The molecule has 0 N–H and O–H groups in total. The van der Waals surface area contributed by atoms with Crippen LogP contribution in [0.5, 0.6) is 0 Å². The first-order chi connectivity index (χ1) is 9.81. The largest absolute Gasteiger partial charge is 0.445 e. The fourth-order valence-corrected chi connectivity index (χ4v) is 2.38. The van der Waals surface area contributed by atoms with Crippen LogP contribution in [0, 0.1) is 0 Å². The third-order valence-electron chi connectivity index (χ3n) is 3.43. The van der Waals surface area contributed by atoms with E-state index in [9.17, 15) is 9.59 Å². The number of benzene rings is 1. The summed E-state index contributed by atoms with van der Waals surface area (Å²) in [6, 6.07) is 9.52. The van der Waals surface area contributed by atoms with Gasteiger partial charge in [-0.25, -0.2) is 14.6 Å². The summed E-state index contributed by atoms with van der Waals surface area (Å²) < 4.78 is 5.32. The topological polar surface area (TPSA) is 59.0 Å². The maximum atomic E-state index is 12.1. The molecule has 1 aromatic rings. The van der Waals surface area contributed by atoms with Crippen molar-refractivity contribution in [3.05, 3.63) is 35.9 Å². The van der Waals surface area contributed by atoms with Crippen molar-refractivity contribution in [3.63, 3.8) is 0 Å². The monoisotopic (exact) mass is 274 g/mol. The van der Waals surface area contributed by atoms with E-state index in [0.717, 1.165) is 24.8 Å². The van der Waals surface area contributed by atoms with Crippen molar-refractivity contribution >= 4 is 12.2 Å². The number of aliphatic imine (C=N–C) groups is 1. The van der Waals surface area contributed by atoms with Crippen LogP contribution in [0.15, 0.2) is 35.3 Å². The minimum Gasteiger partial charge on any atom is -0.445 e. The van der Waals surface area contributed by atoms with Crippen molar-refractivity contribution in [1.29, 1.82) is 0 Å². The van der Waals surface area contributed by atoms with Crippen LogP contribution >= 0.6 is 0 Å². The average molecular weight is 274 g/mol. The van der Waals surface area contributed by atoms with Gasteiger partial charge in [-0.15, -0.1) is 0 Å². The lowest BCUT2D eigenvalue weighted by molar-refractivity contribution is 0.0700. The Kier molecular flexibility index (Phi) is 5.33. The Morgan fingerprint density at radius 3 is 2.90 bits per heavy atom. The summed E-state index contributed by atoms with van der Waals surface area (Å²) in [5.41, 5.74) is 0.959. The van der Waals surface area contributed by atoms with Gasteiger partial charge in [0.15, 0.2) is 0 Å². The van der Waals surface area contributed by atoms with Gasteiger partial charge in [0.05, 0.1) is 12.6 Å². The molecule has 0 aromatic heterocycles. The summed E-state index contributed by atoms with van der Waals surface area (Å²) >= 11 is 0. The molecular weight excluding hydrogens is 256 g/mol. The molecule has 1 saturated heterocycles. The molecule has 1 aliphatic rings. The number of ether oxygens (including phenoxy) is 1. The Bertz CT molecular complexity index is 483. The highest BCUT2D eigenvalue weighted by Crippen LogP contribution is 2.18. The predicted molar refractivity (Wildman–Crippen MR) is 74.0 cm³/mol. The first-order valence-corrected chi connectivity index (χ1v) is 6.82. The highest BCUT2D eigenvalue weighted by molar-refractivity contribution is 5.68. The molecule has 2 rings (SSSR count). The molecule has 1 amide bonds. The first-order valence-electron chi connectivity index (χ1n) is 6.82. The second kappa shape index (κ2) is 7.46. The van der Waals surface area contributed by atoms with Crippen LogP contribution in [-0.2, 0) is 16.1 Å². The smallest absolute Gasteiger partial charge is 0.410 e. The van der Waals surface area contributed by atoms with Crippen LogP contribution in [0.2, 0.25) is 0 Å². The summed E-state index contributed by atoms with van der Waals surface area (Å²) in [5.74, 6) is 0. The molecule has 106 valence electrons. The van der Waals surface area contributed by atoms with E-state index in [2.05, 4.69) is 4.99 Å². The van der Waals surface area contributed by atoms with Crippen molar-refractivity contribution in [3.8, 4) is 0 Å². The lowest BCUT2D eigenvalue weighted by atomic mass is 10.0. The highest BCUT2D eigenvalue weighted by atomic mass is 16.6. The second-order valence-electron chi connectivity index (χ2n) is 4.82. The summed E-state index contributed by atoms with van der Waals surface area (Å²) in [6.07, 6.45) is 4.05. The van der Waals surface area contributed by atoms with Gasteiger partial charge < -0.3 is 9.64 Å². The normalized spacial score (nSPS) is 18.2. The van der Waals surface area contributed by atoms with Crippen LogP contribution in [0.3, 0.4) is 0 Å². The van der Waals surface area contributed by atoms with Gasteiger partial charge in [-0.3, -0.25) is 0 Å². The zero-order valence-electron chi connectivity index (χ0n) is 11.3. The van der Waals surface area contributed by atoms with Crippen molar-refractivity contribution in [2.24, 2.45) is 4.99 Å². The van der Waals surface area contributed by atoms with Crippen molar-refractivity contribution < 1.29 is 14.3 Å². The Hall–Kier alpha value is -2.13. The standard InChI is InChI=1S/C15H18N2O3/c18-12-16-10-14-8-4-5-9-17(14)15(19)20-11-13-6-2-1-3-7-13/h1-3,6-7,14H,4-5,8-11H2. The van der Waals surface area contributed by atoms with E-state index < -0.39 is 0 Å². The molecule has 0 spiro atoms. The predicted octanol–water partition coefficient (Wildman–Crippen LogP) is 2.51. The second-order valence-corrected chi connectivity index (χ2v) is 4.82. The number of isocyanates is 1. The van der Waals surface area contributed by atoms with Gasteiger partial charge in [0.2, 0.25) is 6.08 Å². The van der Waals surface area contributed by atoms with Gasteiger partial charge in [-0.05, 0) is 24.8 Å². The number of hydrogen-bond acceptors (Lipinski definition) is 4. The molecule has 1 aliphatic heterocycles. The Labute approximate surface area is 118 Å². The SMILES string of the molecule is O=C=NCC1CCCCN1C(=O)OCc1ccccc1. The zero-order valence-corrected chi connectivity index (χ0v) is 11.3. The molecule has 1 heterocycles. The molecule has 0 aliphatic carbocycles. The first kappa shape index (κ1) is 14.3. The van der Waals surface area contributed by atoms with Crippen molar-refractivity contribution in [2.75, 3.05) is 13.1 Å². The van der Waals surface area contributed by atoms with E-state index in [1.54, 1.807) is 4.90 Å². The van der Waals surface area contributed by atoms with Crippen LogP contribution in [-0.4, -0.2) is 36.2 Å². The van der Waals surface area contributed by atoms with Crippen molar-refractivity contribution in [2.45, 2.75) is 31.9 Å². The molecule has 20 heavy (non-hydrogen) atoms. The van der Waals surface area contributed by atoms with E-state index in [-0.39, 0.29) is 18.7 Å². The number of hydrogen-bond donors (Lipinski definition) is 0.